The van der Waals surface area contributed by atoms with Gasteiger partial charge in [-0.05, 0) is 114 Å². The first-order valence-corrected chi connectivity index (χ1v) is 12.1. The molecule has 0 saturated heterocycles. The Hall–Kier alpha value is -4.32. The van der Waals surface area contributed by atoms with Crippen LogP contribution in [0.1, 0.15) is 55.6 Å². The normalized spacial score (nSPS) is 11.1. The second-order valence-electron chi connectivity index (χ2n) is 9.91. The quantitative estimate of drug-likeness (QED) is 0.183. The van der Waals surface area contributed by atoms with E-state index in [2.05, 4.69) is 0 Å². The first-order chi connectivity index (χ1) is 17.4. The highest BCUT2D eigenvalue weighted by molar-refractivity contribution is 5.53. The van der Waals surface area contributed by atoms with E-state index in [4.69, 9.17) is 0 Å². The zero-order chi connectivity index (χ0) is 27.0. The third kappa shape index (κ3) is 5.43. The molecule has 6 heteroatoms. The maximum Gasteiger partial charge on any atom is 0.157 e. The summed E-state index contributed by atoms with van der Waals surface area (Å²) in [7, 11) is 0. The molecule has 0 radical (unpaired) electrons. The summed E-state index contributed by atoms with van der Waals surface area (Å²) in [6.07, 6.45) is 1.36. The minimum Gasteiger partial charge on any atom is -0.507 e. The highest BCUT2D eigenvalue weighted by atomic mass is 16.3. The average molecular weight is 501 g/mol. The van der Waals surface area contributed by atoms with Crippen LogP contribution < -0.4 is 0 Å². The summed E-state index contributed by atoms with van der Waals surface area (Å²) >= 11 is 0. The Labute approximate surface area is 216 Å². The van der Waals surface area contributed by atoms with Crippen molar-refractivity contribution in [3.05, 3.63) is 104 Å². The van der Waals surface area contributed by atoms with E-state index in [9.17, 15) is 30.6 Å². The predicted octanol–water partition coefficient (Wildman–Crippen LogP) is 5.93. The molecular weight excluding hydrogens is 468 g/mol. The molecule has 0 aliphatic carbocycles. The largest absolute Gasteiger partial charge is 0.507 e. The van der Waals surface area contributed by atoms with Gasteiger partial charge >= 0.3 is 0 Å². The van der Waals surface area contributed by atoms with E-state index in [1.54, 1.807) is 0 Å². The third-order valence-electron chi connectivity index (χ3n) is 6.91. The summed E-state index contributed by atoms with van der Waals surface area (Å²) < 4.78 is 0. The van der Waals surface area contributed by atoms with E-state index in [1.807, 2.05) is 52.0 Å². The van der Waals surface area contributed by atoms with Crippen molar-refractivity contribution < 1.29 is 30.6 Å². The molecule has 0 aromatic heterocycles. The molecule has 0 fully saturated rings. The van der Waals surface area contributed by atoms with Crippen molar-refractivity contribution >= 4 is 0 Å². The van der Waals surface area contributed by atoms with Crippen LogP contribution in [0.4, 0.5) is 0 Å². The van der Waals surface area contributed by atoms with Crippen molar-refractivity contribution in [3.8, 4) is 34.5 Å². The Balaban J connectivity index is 1.66. The number of aromatic hydroxyl groups is 6. The Bertz CT molecular complexity index is 1390. The number of phenols is 6. The van der Waals surface area contributed by atoms with Crippen molar-refractivity contribution in [1.82, 2.24) is 0 Å². The lowest BCUT2D eigenvalue weighted by atomic mass is 9.91. The van der Waals surface area contributed by atoms with E-state index >= 15 is 0 Å². The molecule has 0 unspecified atom stereocenters. The van der Waals surface area contributed by atoms with Gasteiger partial charge in [0.2, 0.25) is 0 Å². The lowest BCUT2D eigenvalue weighted by molar-refractivity contribution is 0.402. The molecule has 0 atom stereocenters. The van der Waals surface area contributed by atoms with E-state index in [0.717, 1.165) is 44.5 Å². The van der Waals surface area contributed by atoms with E-state index in [1.165, 1.54) is 24.3 Å². The van der Waals surface area contributed by atoms with Crippen LogP contribution in [0, 0.1) is 27.7 Å². The fraction of sp³-hybridized carbons (Fsp3) is 0.226. The lowest BCUT2D eigenvalue weighted by Crippen LogP contribution is -1.99. The van der Waals surface area contributed by atoms with Crippen molar-refractivity contribution in [3.63, 3.8) is 0 Å². The molecule has 192 valence electrons. The smallest absolute Gasteiger partial charge is 0.157 e. The number of hydrogen-bond acceptors (Lipinski definition) is 6. The Kier molecular flexibility index (Phi) is 6.94. The molecule has 0 aliphatic heterocycles. The molecule has 4 aromatic carbocycles. The molecule has 0 spiro atoms. The van der Waals surface area contributed by atoms with Crippen LogP contribution in [0.15, 0.2) is 48.5 Å². The maximum atomic E-state index is 10.7. The highest BCUT2D eigenvalue weighted by Crippen LogP contribution is 2.35. The van der Waals surface area contributed by atoms with Crippen molar-refractivity contribution in [2.24, 2.45) is 0 Å². The van der Waals surface area contributed by atoms with Crippen LogP contribution in [-0.2, 0) is 19.3 Å². The summed E-state index contributed by atoms with van der Waals surface area (Å²) in [5.41, 5.74) is 8.11. The van der Waals surface area contributed by atoms with Gasteiger partial charge in [-0.2, -0.15) is 0 Å². The van der Waals surface area contributed by atoms with E-state index in [-0.39, 0.29) is 34.5 Å². The first kappa shape index (κ1) is 25.8. The van der Waals surface area contributed by atoms with Crippen molar-refractivity contribution in [1.29, 1.82) is 0 Å². The number of hydrogen-bond donors (Lipinski definition) is 6. The molecule has 0 bridgehead atoms. The van der Waals surface area contributed by atoms with Gasteiger partial charge in [0, 0.05) is 12.8 Å². The van der Waals surface area contributed by atoms with Crippen molar-refractivity contribution in [2.45, 2.75) is 47.0 Å². The van der Waals surface area contributed by atoms with Gasteiger partial charge in [0.15, 0.2) is 23.0 Å². The molecule has 0 saturated carbocycles. The van der Waals surface area contributed by atoms with Crippen LogP contribution in [0.5, 0.6) is 34.5 Å². The van der Waals surface area contributed by atoms with Gasteiger partial charge in [-0.25, -0.2) is 0 Å². The number of phenolic OH excluding ortho intramolecular Hbond substituents is 6. The van der Waals surface area contributed by atoms with Gasteiger partial charge in [-0.15, -0.1) is 0 Å². The topological polar surface area (TPSA) is 121 Å². The summed E-state index contributed by atoms with van der Waals surface area (Å²) in [4.78, 5) is 0. The second-order valence-corrected chi connectivity index (χ2v) is 9.91. The van der Waals surface area contributed by atoms with Gasteiger partial charge < -0.3 is 30.6 Å². The lowest BCUT2D eigenvalue weighted by Gasteiger charge is -2.15. The minimum absolute atomic E-state index is 0.174. The molecule has 4 aromatic rings. The third-order valence-corrected chi connectivity index (χ3v) is 6.91. The number of benzene rings is 4. The maximum absolute atomic E-state index is 10.7. The second kappa shape index (κ2) is 9.97. The van der Waals surface area contributed by atoms with Crippen molar-refractivity contribution in [2.75, 3.05) is 0 Å². The summed E-state index contributed by atoms with van der Waals surface area (Å²) in [5.74, 6) is -0.352. The van der Waals surface area contributed by atoms with Crippen LogP contribution in [-0.4, -0.2) is 30.6 Å². The zero-order valence-corrected chi connectivity index (χ0v) is 21.4. The van der Waals surface area contributed by atoms with Gasteiger partial charge in [-0.1, -0.05) is 24.3 Å². The summed E-state index contributed by atoms with van der Waals surface area (Å²) in [5, 5.41) is 60.9. The number of aryl methyl sites for hydroxylation is 4. The standard InChI is InChI=1S/C31H32O6/c1-16-7-26(32)28(34)14-22(16)12-24-10-20(5-18(3)30(24)36)9-21-6-19(4)31(37)25(11-21)13-23-15-29(35)27(33)8-17(23)2/h5-8,10-11,14-15,32-37H,9,12-13H2,1-4H3. The van der Waals surface area contributed by atoms with Crippen LogP contribution in [0.3, 0.4) is 0 Å². The van der Waals surface area contributed by atoms with Crippen LogP contribution in [0.25, 0.3) is 0 Å². The van der Waals surface area contributed by atoms with E-state index < -0.39 is 0 Å². The highest BCUT2D eigenvalue weighted by Gasteiger charge is 2.15. The Morgan fingerprint density at radius 2 is 0.730 bits per heavy atom. The fourth-order valence-electron chi connectivity index (χ4n) is 4.82. The van der Waals surface area contributed by atoms with Gasteiger partial charge in [0.05, 0.1) is 0 Å². The minimum atomic E-state index is -0.197. The summed E-state index contributed by atoms with van der Waals surface area (Å²) in [6.45, 7) is 7.38. The SMILES string of the molecule is Cc1cc(O)c(O)cc1Cc1cc(Cc2cc(C)c(O)c(Cc3cc(O)c(O)cc3C)c2)cc(C)c1O. The van der Waals surface area contributed by atoms with Gasteiger partial charge in [0.25, 0.3) is 0 Å². The zero-order valence-electron chi connectivity index (χ0n) is 21.4. The molecular formula is C31H32O6. The summed E-state index contributed by atoms with van der Waals surface area (Å²) in [6, 6.07) is 13.8. The molecule has 6 N–H and O–H groups in total. The molecule has 4 rings (SSSR count). The molecule has 37 heavy (non-hydrogen) atoms. The van der Waals surface area contributed by atoms with Gasteiger partial charge in [-0.3, -0.25) is 0 Å². The van der Waals surface area contributed by atoms with Crippen LogP contribution in [0.2, 0.25) is 0 Å². The molecule has 6 nitrogen and oxygen atoms in total. The van der Waals surface area contributed by atoms with E-state index in [0.29, 0.717) is 30.4 Å². The molecule has 0 aliphatic rings. The monoisotopic (exact) mass is 500 g/mol. The predicted molar refractivity (Wildman–Crippen MR) is 143 cm³/mol. The molecule has 0 heterocycles. The average Bonchev–Trinajstić information content (AvgIpc) is 2.82. The Morgan fingerprint density at radius 3 is 1.11 bits per heavy atom. The fourth-order valence-corrected chi connectivity index (χ4v) is 4.82. The van der Waals surface area contributed by atoms with Gasteiger partial charge in [0.1, 0.15) is 11.5 Å². The van der Waals surface area contributed by atoms with Crippen LogP contribution >= 0.6 is 0 Å². The molecule has 0 amide bonds. The first-order valence-electron chi connectivity index (χ1n) is 12.1. The number of rotatable bonds is 6. The Morgan fingerprint density at radius 1 is 0.378 bits per heavy atom.